The molecule has 1 unspecified atom stereocenters. The molecule has 2 heterocycles. The van der Waals surface area contributed by atoms with Crippen LogP contribution in [0.5, 0.6) is 0 Å². The third-order valence-corrected chi connectivity index (χ3v) is 6.99. The van der Waals surface area contributed by atoms with E-state index in [0.29, 0.717) is 31.3 Å². The van der Waals surface area contributed by atoms with E-state index in [2.05, 4.69) is 20.4 Å². The van der Waals surface area contributed by atoms with Gasteiger partial charge in [0, 0.05) is 35.2 Å². The van der Waals surface area contributed by atoms with Crippen molar-refractivity contribution in [3.8, 4) is 11.4 Å². The maximum Gasteiger partial charge on any atom is 0.241 e. The van der Waals surface area contributed by atoms with Gasteiger partial charge in [-0.3, -0.25) is 9.69 Å². The largest absolute Gasteiger partial charge is 0.355 e. The van der Waals surface area contributed by atoms with Crippen molar-refractivity contribution in [2.45, 2.75) is 32.1 Å². The molecule has 0 radical (unpaired) electrons. The zero-order valence-electron chi connectivity index (χ0n) is 18.8. The molecule has 1 atom stereocenters. The highest BCUT2D eigenvalue weighted by Gasteiger charge is 2.26. The summed E-state index contributed by atoms with van der Waals surface area (Å²) in [5.41, 5.74) is 3.35. The molecule has 8 heteroatoms. The monoisotopic (exact) mass is 484 g/mol. The van der Waals surface area contributed by atoms with Gasteiger partial charge in [0.2, 0.25) is 17.6 Å². The van der Waals surface area contributed by atoms with Crippen LogP contribution in [-0.2, 0) is 17.1 Å². The molecule has 1 aliphatic heterocycles. The minimum atomic E-state index is -0.000759. The summed E-state index contributed by atoms with van der Waals surface area (Å²) >= 11 is 7.73. The average molecular weight is 485 g/mol. The van der Waals surface area contributed by atoms with Crippen LogP contribution >= 0.6 is 23.4 Å². The van der Waals surface area contributed by atoms with Crippen LogP contribution in [0.15, 0.2) is 53.1 Å². The molecular formula is C25H29ClN4O2S. The molecule has 0 spiro atoms. The lowest BCUT2D eigenvalue weighted by molar-refractivity contribution is -0.126. The third-order valence-electron chi connectivity index (χ3n) is 5.71. The van der Waals surface area contributed by atoms with E-state index in [1.165, 1.54) is 5.56 Å². The second-order valence-electron chi connectivity index (χ2n) is 8.43. The quantitative estimate of drug-likeness (QED) is 0.433. The predicted octanol–water partition coefficient (Wildman–Crippen LogP) is 4.96. The van der Waals surface area contributed by atoms with Gasteiger partial charge >= 0.3 is 0 Å². The fourth-order valence-corrected chi connectivity index (χ4v) is 4.93. The normalized spacial score (nSPS) is 16.6. The first-order chi connectivity index (χ1) is 16.1. The van der Waals surface area contributed by atoms with Gasteiger partial charge in [-0.1, -0.05) is 52.7 Å². The summed E-state index contributed by atoms with van der Waals surface area (Å²) < 4.78 is 5.48. The highest BCUT2D eigenvalue weighted by Crippen LogP contribution is 2.21. The van der Waals surface area contributed by atoms with E-state index in [-0.39, 0.29) is 11.8 Å². The number of hydrogen-bond donors (Lipinski definition) is 1. The van der Waals surface area contributed by atoms with Gasteiger partial charge in [-0.25, -0.2) is 0 Å². The Balaban J connectivity index is 1.19. The summed E-state index contributed by atoms with van der Waals surface area (Å²) in [6.07, 6.45) is 1.90. The van der Waals surface area contributed by atoms with Crippen molar-refractivity contribution < 1.29 is 9.32 Å². The number of carbonyl (C=O) groups is 1. The SMILES string of the molecule is Cc1cccc(-c2noc(CN3CCCC(C(=O)NCCSCc4ccc(Cl)cc4)C3)n2)c1. The van der Waals surface area contributed by atoms with E-state index < -0.39 is 0 Å². The molecule has 1 aliphatic rings. The standard InChI is InChI=1S/C25H29ClN4O2S/c1-18-4-2-5-20(14-18)24-28-23(32-29-24)16-30-12-3-6-21(15-30)25(31)27-11-13-33-17-19-7-9-22(26)10-8-19/h2,4-5,7-10,14,21H,3,6,11-13,15-17H2,1H3,(H,27,31). The number of hydrogen-bond acceptors (Lipinski definition) is 6. The fourth-order valence-electron chi connectivity index (χ4n) is 3.99. The van der Waals surface area contributed by atoms with E-state index >= 15 is 0 Å². The van der Waals surface area contributed by atoms with E-state index in [1.807, 2.05) is 67.2 Å². The van der Waals surface area contributed by atoms with E-state index in [4.69, 9.17) is 16.1 Å². The second kappa shape index (κ2) is 11.7. The van der Waals surface area contributed by atoms with Crippen LogP contribution in [-0.4, -0.2) is 46.3 Å². The number of carbonyl (C=O) groups excluding carboxylic acids is 1. The minimum Gasteiger partial charge on any atom is -0.355 e. The van der Waals surface area contributed by atoms with Gasteiger partial charge in [-0.15, -0.1) is 0 Å². The molecule has 0 saturated carbocycles. The van der Waals surface area contributed by atoms with Gasteiger partial charge in [-0.05, 0) is 50.1 Å². The molecule has 6 nitrogen and oxygen atoms in total. The minimum absolute atomic E-state index is 0.000759. The number of nitrogens with zero attached hydrogens (tertiary/aromatic N) is 3. The van der Waals surface area contributed by atoms with Crippen LogP contribution in [0.25, 0.3) is 11.4 Å². The Bertz CT molecular complexity index is 1060. The highest BCUT2D eigenvalue weighted by atomic mass is 35.5. The highest BCUT2D eigenvalue weighted by molar-refractivity contribution is 7.98. The molecule has 33 heavy (non-hydrogen) atoms. The summed E-state index contributed by atoms with van der Waals surface area (Å²) in [5, 5.41) is 7.99. The van der Waals surface area contributed by atoms with E-state index in [9.17, 15) is 4.79 Å². The van der Waals surface area contributed by atoms with Crippen molar-refractivity contribution in [3.05, 3.63) is 70.6 Å². The number of thioether (sulfide) groups is 1. The lowest BCUT2D eigenvalue weighted by atomic mass is 9.97. The molecule has 0 bridgehead atoms. The molecule has 1 aromatic heterocycles. The number of aryl methyl sites for hydroxylation is 1. The first-order valence-electron chi connectivity index (χ1n) is 11.3. The van der Waals surface area contributed by atoms with Crippen LogP contribution in [0.1, 0.15) is 29.9 Å². The molecule has 4 rings (SSSR count). The number of likely N-dealkylation sites (tertiary alicyclic amines) is 1. The van der Waals surface area contributed by atoms with E-state index in [0.717, 1.165) is 47.0 Å². The maximum atomic E-state index is 12.7. The first-order valence-corrected chi connectivity index (χ1v) is 12.8. The molecule has 2 aromatic carbocycles. The van der Waals surface area contributed by atoms with Crippen LogP contribution in [0.2, 0.25) is 5.02 Å². The van der Waals surface area contributed by atoms with Crippen LogP contribution in [0.4, 0.5) is 0 Å². The summed E-state index contributed by atoms with van der Waals surface area (Å²) in [7, 11) is 0. The Morgan fingerprint density at radius 2 is 2.12 bits per heavy atom. The molecule has 0 aliphatic carbocycles. The Morgan fingerprint density at radius 3 is 2.94 bits per heavy atom. The number of halogens is 1. The van der Waals surface area contributed by atoms with Crippen LogP contribution in [0, 0.1) is 12.8 Å². The number of aromatic nitrogens is 2. The molecule has 1 N–H and O–H groups in total. The molecule has 1 saturated heterocycles. The first kappa shape index (κ1) is 23.8. The molecule has 174 valence electrons. The molecule has 3 aromatic rings. The molecule has 1 amide bonds. The lowest BCUT2D eigenvalue weighted by Crippen LogP contribution is -2.43. The van der Waals surface area contributed by atoms with Crippen molar-refractivity contribution in [2.75, 3.05) is 25.4 Å². The van der Waals surface area contributed by atoms with Gasteiger partial charge in [0.25, 0.3) is 0 Å². The Morgan fingerprint density at radius 1 is 1.27 bits per heavy atom. The Hall–Kier alpha value is -2.35. The van der Waals surface area contributed by atoms with Crippen LogP contribution < -0.4 is 5.32 Å². The summed E-state index contributed by atoms with van der Waals surface area (Å²) in [6, 6.07) is 16.0. The van der Waals surface area contributed by atoms with Gasteiger partial charge in [0.1, 0.15) is 0 Å². The van der Waals surface area contributed by atoms with Gasteiger partial charge < -0.3 is 9.84 Å². The van der Waals surface area contributed by atoms with Crippen molar-refractivity contribution in [1.82, 2.24) is 20.4 Å². The van der Waals surface area contributed by atoms with Crippen molar-refractivity contribution in [1.29, 1.82) is 0 Å². The molecule has 1 fully saturated rings. The number of amides is 1. The fraction of sp³-hybridized carbons (Fsp3) is 0.400. The third kappa shape index (κ3) is 7.06. The number of benzene rings is 2. The zero-order chi connectivity index (χ0) is 23.0. The summed E-state index contributed by atoms with van der Waals surface area (Å²) in [6.45, 7) is 4.94. The Labute approximate surface area is 204 Å². The Kier molecular flexibility index (Phi) is 8.42. The van der Waals surface area contributed by atoms with Gasteiger partial charge in [-0.2, -0.15) is 16.7 Å². The van der Waals surface area contributed by atoms with Crippen molar-refractivity contribution in [2.24, 2.45) is 5.92 Å². The summed E-state index contributed by atoms with van der Waals surface area (Å²) in [5.74, 6) is 3.13. The maximum absolute atomic E-state index is 12.7. The van der Waals surface area contributed by atoms with E-state index in [1.54, 1.807) is 0 Å². The lowest BCUT2D eigenvalue weighted by Gasteiger charge is -2.30. The predicted molar refractivity (Wildman–Crippen MR) is 133 cm³/mol. The number of nitrogens with one attached hydrogen (secondary N) is 1. The van der Waals surface area contributed by atoms with Crippen molar-refractivity contribution >= 4 is 29.3 Å². The second-order valence-corrected chi connectivity index (χ2v) is 9.97. The average Bonchev–Trinajstić information content (AvgIpc) is 3.28. The smallest absolute Gasteiger partial charge is 0.241 e. The number of rotatable bonds is 9. The molecular weight excluding hydrogens is 456 g/mol. The van der Waals surface area contributed by atoms with Crippen molar-refractivity contribution in [3.63, 3.8) is 0 Å². The summed E-state index contributed by atoms with van der Waals surface area (Å²) in [4.78, 5) is 19.5. The number of piperidine rings is 1. The zero-order valence-corrected chi connectivity index (χ0v) is 20.4. The topological polar surface area (TPSA) is 71.3 Å². The van der Waals surface area contributed by atoms with Gasteiger partial charge in [0.15, 0.2) is 0 Å². The van der Waals surface area contributed by atoms with Crippen LogP contribution in [0.3, 0.4) is 0 Å². The van der Waals surface area contributed by atoms with Gasteiger partial charge in [0.05, 0.1) is 12.5 Å².